The van der Waals surface area contributed by atoms with E-state index in [1.165, 1.54) is 31.2 Å². The van der Waals surface area contributed by atoms with Gasteiger partial charge in [-0.25, -0.2) is 4.79 Å². The fourth-order valence-corrected chi connectivity index (χ4v) is 9.69. The van der Waals surface area contributed by atoms with E-state index >= 15 is 0 Å². The van der Waals surface area contributed by atoms with Crippen molar-refractivity contribution in [3.63, 3.8) is 0 Å². The minimum absolute atomic E-state index is 0.0163. The van der Waals surface area contributed by atoms with Crippen LogP contribution >= 0.6 is 0 Å². The number of carbonyl (C=O) groups is 15. The summed E-state index contributed by atoms with van der Waals surface area (Å²) in [5.74, 6) is -20.0. The number of carboxylic acids is 6. The van der Waals surface area contributed by atoms with Crippen molar-refractivity contribution in [2.45, 2.75) is 185 Å². The number of rotatable bonds is 40. The Hall–Kier alpha value is -9.71. The van der Waals surface area contributed by atoms with Gasteiger partial charge >= 0.3 is 35.8 Å². The van der Waals surface area contributed by atoms with Gasteiger partial charge in [-0.2, -0.15) is 0 Å². The van der Waals surface area contributed by atoms with Crippen LogP contribution in [0.15, 0.2) is 54.6 Å². The summed E-state index contributed by atoms with van der Waals surface area (Å²) < 4.78 is 0. The molecule has 31 nitrogen and oxygen atoms in total. The van der Waals surface area contributed by atoms with E-state index in [4.69, 9.17) is 0 Å². The number of carbonyl (C=O) groups excluding carboxylic acids is 9. The van der Waals surface area contributed by atoms with E-state index in [1.807, 2.05) is 0 Å². The van der Waals surface area contributed by atoms with E-state index in [0.717, 1.165) is 4.90 Å². The SMILES string of the molecule is CC[C@H](C)[C@H](NC(=O)[C@H](CCC(=O)O)NC(=O)[C@H](CCC(=O)O)NC(=O)[C@H](Cc1ccccc1)NC(=O)[C@@H](C)CC(=O)O)C(=O)N1CCC[C@H]1C(=O)N[C@@H](CCC(=O)O)C(=O)N[C@@H](CCC(=O)O)C(=O)N[C@@H](Cc1ccc(O)cc1)C(=O)N[C@@H](CC(C)C)C(=O)O. The van der Waals surface area contributed by atoms with Gasteiger partial charge in [0.2, 0.25) is 53.2 Å². The van der Waals surface area contributed by atoms with Gasteiger partial charge in [0, 0.05) is 51.0 Å². The average Bonchev–Trinajstić information content (AvgIpc) is 1.91. The number of aromatic hydroxyl groups is 1. The Kier molecular flexibility index (Phi) is 31.0. The summed E-state index contributed by atoms with van der Waals surface area (Å²) in [6, 6.07) is -0.948. The van der Waals surface area contributed by atoms with Crippen LogP contribution in [-0.2, 0) is 84.8 Å². The van der Waals surface area contributed by atoms with E-state index in [0.29, 0.717) is 11.1 Å². The molecule has 1 aliphatic rings. The molecule has 2 aromatic rings. The van der Waals surface area contributed by atoms with Crippen LogP contribution in [0.3, 0.4) is 0 Å². The largest absolute Gasteiger partial charge is 0.508 e. The predicted octanol–water partition coefficient (Wildman–Crippen LogP) is -0.206. The summed E-state index contributed by atoms with van der Waals surface area (Å²) in [7, 11) is 0. The Morgan fingerprint density at radius 3 is 1.26 bits per heavy atom. The highest BCUT2D eigenvalue weighted by Gasteiger charge is 2.42. The van der Waals surface area contributed by atoms with Crippen molar-refractivity contribution in [1.82, 2.24) is 47.4 Å². The van der Waals surface area contributed by atoms with Crippen LogP contribution in [0.25, 0.3) is 0 Å². The molecule has 0 aromatic heterocycles. The van der Waals surface area contributed by atoms with Gasteiger partial charge in [0.1, 0.15) is 60.1 Å². The first-order valence-corrected chi connectivity index (χ1v) is 29.7. The molecule has 3 rings (SSSR count). The quantitative estimate of drug-likeness (QED) is 0.0411. The second-order valence-electron chi connectivity index (χ2n) is 22.7. The third-order valence-electron chi connectivity index (χ3n) is 14.9. The third kappa shape index (κ3) is 26.5. The molecule has 15 N–H and O–H groups in total. The molecule has 1 fully saturated rings. The number of likely N-dealkylation sites (tertiary alicyclic amines) is 1. The second-order valence-corrected chi connectivity index (χ2v) is 22.7. The molecule has 0 unspecified atom stereocenters. The van der Waals surface area contributed by atoms with E-state index < -0.39 is 213 Å². The molecule has 0 bridgehead atoms. The van der Waals surface area contributed by atoms with Gasteiger partial charge in [0.05, 0.1) is 6.42 Å². The number of nitrogens with zero attached hydrogens (tertiary/aromatic N) is 1. The van der Waals surface area contributed by atoms with Gasteiger partial charge in [-0.1, -0.05) is 83.5 Å². The molecule has 0 saturated carbocycles. The smallest absolute Gasteiger partial charge is 0.326 e. The zero-order valence-corrected chi connectivity index (χ0v) is 51.1. The minimum atomic E-state index is -1.80. The molecule has 2 aromatic carbocycles. The Morgan fingerprint density at radius 2 is 0.857 bits per heavy atom. The topological polar surface area (TPSA) is 497 Å². The lowest BCUT2D eigenvalue weighted by Gasteiger charge is -2.33. The van der Waals surface area contributed by atoms with Crippen molar-refractivity contribution >= 4 is 89.0 Å². The van der Waals surface area contributed by atoms with Gasteiger partial charge in [-0.05, 0) is 80.0 Å². The zero-order valence-electron chi connectivity index (χ0n) is 51.1. The number of nitrogens with one attached hydrogen (secondary N) is 8. The summed E-state index contributed by atoms with van der Waals surface area (Å²) in [6.07, 6.45) is -6.31. The highest BCUT2D eigenvalue weighted by atomic mass is 16.4. The molecule has 500 valence electrons. The first-order valence-electron chi connectivity index (χ1n) is 29.7. The van der Waals surface area contributed by atoms with E-state index in [2.05, 4.69) is 42.5 Å². The second kappa shape index (κ2) is 37.3. The Labute approximate surface area is 523 Å². The first kappa shape index (κ1) is 75.5. The minimum Gasteiger partial charge on any atom is -0.508 e. The molecule has 1 aliphatic heterocycles. The highest BCUT2D eigenvalue weighted by Crippen LogP contribution is 2.23. The van der Waals surface area contributed by atoms with Crippen molar-refractivity contribution < 1.29 is 108 Å². The van der Waals surface area contributed by atoms with E-state index in [9.17, 15) is 108 Å². The third-order valence-corrected chi connectivity index (χ3v) is 14.9. The van der Waals surface area contributed by atoms with Crippen LogP contribution in [0.2, 0.25) is 0 Å². The molecule has 91 heavy (non-hydrogen) atoms. The molecule has 0 spiro atoms. The van der Waals surface area contributed by atoms with Gasteiger partial charge in [-0.3, -0.25) is 67.1 Å². The zero-order chi connectivity index (χ0) is 68.2. The fraction of sp³-hybridized carbons (Fsp3) is 0.550. The van der Waals surface area contributed by atoms with Crippen LogP contribution in [0.5, 0.6) is 5.75 Å². The van der Waals surface area contributed by atoms with Crippen LogP contribution in [0, 0.1) is 17.8 Å². The fourth-order valence-electron chi connectivity index (χ4n) is 9.69. The predicted molar refractivity (Wildman–Crippen MR) is 318 cm³/mol. The first-order chi connectivity index (χ1) is 42.8. The summed E-state index contributed by atoms with van der Waals surface area (Å²) in [5, 5.41) is 86.9. The van der Waals surface area contributed by atoms with Crippen LogP contribution in [0.4, 0.5) is 0 Å². The van der Waals surface area contributed by atoms with E-state index in [-0.39, 0.29) is 56.7 Å². The summed E-state index contributed by atoms with van der Waals surface area (Å²) in [5.41, 5.74) is 0.881. The van der Waals surface area contributed by atoms with Gasteiger partial charge < -0.3 is 83.2 Å². The lowest BCUT2D eigenvalue weighted by molar-refractivity contribution is -0.144. The lowest BCUT2D eigenvalue weighted by atomic mass is 9.96. The van der Waals surface area contributed by atoms with Crippen LogP contribution in [0.1, 0.15) is 129 Å². The summed E-state index contributed by atoms with van der Waals surface area (Å²) in [4.78, 5) is 199. The average molecular weight is 1280 g/mol. The molecule has 1 saturated heterocycles. The van der Waals surface area contributed by atoms with Gasteiger partial charge in [0.25, 0.3) is 0 Å². The molecule has 11 atom stereocenters. The number of aliphatic carboxylic acids is 6. The Balaban J connectivity index is 1.94. The number of phenols is 1. The number of benzene rings is 2. The number of hydrogen-bond acceptors (Lipinski definition) is 16. The maximum absolute atomic E-state index is 14.7. The van der Waals surface area contributed by atoms with Crippen molar-refractivity contribution in [3.8, 4) is 5.75 Å². The number of carboxylic acid groups (broad SMARTS) is 6. The van der Waals surface area contributed by atoms with Crippen molar-refractivity contribution in [3.05, 3.63) is 65.7 Å². The molecule has 1 heterocycles. The molecule has 31 heteroatoms. The summed E-state index contributed by atoms with van der Waals surface area (Å²) >= 11 is 0. The molecule has 0 radical (unpaired) electrons. The summed E-state index contributed by atoms with van der Waals surface area (Å²) in [6.45, 7) is 7.79. The van der Waals surface area contributed by atoms with Gasteiger partial charge in [0.15, 0.2) is 0 Å². The van der Waals surface area contributed by atoms with Crippen molar-refractivity contribution in [2.75, 3.05) is 6.54 Å². The molecular weight excluding hydrogens is 1200 g/mol. The van der Waals surface area contributed by atoms with Gasteiger partial charge in [-0.15, -0.1) is 0 Å². The number of phenolic OH excluding ortho intramolecular Hbond substituents is 1. The van der Waals surface area contributed by atoms with E-state index in [1.54, 1.807) is 58.0 Å². The van der Waals surface area contributed by atoms with Crippen LogP contribution in [-0.4, -0.2) is 191 Å². The van der Waals surface area contributed by atoms with Crippen molar-refractivity contribution in [2.24, 2.45) is 17.8 Å². The van der Waals surface area contributed by atoms with Crippen molar-refractivity contribution in [1.29, 1.82) is 0 Å². The molecule has 0 aliphatic carbocycles. The Morgan fingerprint density at radius 1 is 0.473 bits per heavy atom. The molecule has 9 amide bonds. The number of amides is 9. The standard InChI is InChI=1S/C60H83N9O22/c1-6-32(4)50(68-55(85)40(21-25-48(77)78)62-52(82)37(18-22-45(71)72)63-56(86)41(29-34-11-8-7-9-12-34)65-51(81)33(5)28-49(79)80)59(89)69-26-10-13-44(69)58(88)64-39(20-24-47(75)76)53(83)61-38(19-23-46(73)74)54(84)66-42(30-35-14-16-36(70)17-15-35)57(87)67-43(60(90)91)27-31(2)3/h7-9,11-12,14-17,31-33,37-44,50,70H,6,10,13,18-30H2,1-5H3,(H,61,83)(H,62,82)(H,63,86)(H,64,88)(H,65,81)(H,66,84)(H,67,87)(H,68,85)(H,71,72)(H,73,74)(H,75,76)(H,77,78)(H,79,80)(H,90,91)/t32-,33-,37-,38-,39-,40-,41-,42-,43-,44-,50-/m0/s1. The normalized spacial score (nSPS) is 16.0. The maximum atomic E-state index is 14.7. The number of hydrogen-bond donors (Lipinski definition) is 15. The Bertz CT molecular complexity index is 2930. The molecular formula is C60H83N9O22. The maximum Gasteiger partial charge on any atom is 0.326 e. The van der Waals surface area contributed by atoms with Crippen LogP contribution < -0.4 is 42.5 Å². The highest BCUT2D eigenvalue weighted by molar-refractivity contribution is 5.99. The lowest BCUT2D eigenvalue weighted by Crippen LogP contribution is -2.61. The monoisotopic (exact) mass is 1280 g/mol.